The summed E-state index contributed by atoms with van der Waals surface area (Å²) in [5.74, 6) is -5.81. The van der Waals surface area contributed by atoms with Gasteiger partial charge in [0.15, 0.2) is 0 Å². The van der Waals surface area contributed by atoms with E-state index in [1.165, 1.54) is 0 Å². The Morgan fingerprint density at radius 1 is 0.871 bits per heavy atom. The fraction of sp³-hybridized carbons (Fsp3) is 0.647. The van der Waals surface area contributed by atoms with Gasteiger partial charge in [-0.05, 0) is 32.2 Å². The lowest BCUT2D eigenvalue weighted by Gasteiger charge is -2.21. The van der Waals surface area contributed by atoms with Gasteiger partial charge >= 0.3 is 11.9 Å². The topological polar surface area (TPSA) is 257 Å². The zero-order chi connectivity index (χ0) is 24.0. The van der Waals surface area contributed by atoms with E-state index in [2.05, 4.69) is 16.0 Å². The first kappa shape index (κ1) is 27.7. The third kappa shape index (κ3) is 12.8. The SMILES string of the molecule is NCCCCC(NC(=O)CNC(=O)C(N)CC(N)=O)C(=O)NC(CCC(=O)O)C(=O)O. The van der Waals surface area contributed by atoms with Crippen molar-refractivity contribution in [1.29, 1.82) is 0 Å². The summed E-state index contributed by atoms with van der Waals surface area (Å²) in [7, 11) is 0. The predicted octanol–water partition coefficient (Wildman–Crippen LogP) is -3.65. The van der Waals surface area contributed by atoms with Gasteiger partial charge in [-0.15, -0.1) is 0 Å². The molecule has 0 aromatic heterocycles. The number of nitrogens with one attached hydrogen (secondary N) is 3. The summed E-state index contributed by atoms with van der Waals surface area (Å²) in [5.41, 5.74) is 15.8. The maximum Gasteiger partial charge on any atom is 0.326 e. The Hall–Kier alpha value is -3.26. The number of carboxylic acids is 2. The molecule has 11 N–H and O–H groups in total. The second-order valence-corrected chi connectivity index (χ2v) is 6.73. The van der Waals surface area contributed by atoms with Crippen LogP contribution in [0.25, 0.3) is 0 Å². The van der Waals surface area contributed by atoms with Crippen LogP contribution < -0.4 is 33.2 Å². The number of nitrogens with two attached hydrogens (primary N) is 3. The summed E-state index contributed by atoms with van der Waals surface area (Å²) < 4.78 is 0. The molecule has 0 spiro atoms. The zero-order valence-corrected chi connectivity index (χ0v) is 17.0. The number of unbranched alkanes of at least 4 members (excludes halogenated alkanes) is 1. The molecule has 0 rings (SSSR count). The molecule has 0 radical (unpaired) electrons. The summed E-state index contributed by atoms with van der Waals surface area (Å²) in [5, 5.41) is 24.6. The molecule has 3 unspecified atom stereocenters. The van der Waals surface area contributed by atoms with Crippen molar-refractivity contribution in [2.45, 2.75) is 56.7 Å². The van der Waals surface area contributed by atoms with Crippen molar-refractivity contribution < 1.29 is 39.0 Å². The average Bonchev–Trinajstić information content (AvgIpc) is 2.67. The van der Waals surface area contributed by atoms with Crippen LogP contribution in [0.3, 0.4) is 0 Å². The van der Waals surface area contributed by atoms with Crippen LogP contribution in [0.2, 0.25) is 0 Å². The maximum absolute atomic E-state index is 12.5. The highest BCUT2D eigenvalue weighted by Gasteiger charge is 2.27. The Bertz CT molecular complexity index is 671. The highest BCUT2D eigenvalue weighted by molar-refractivity contribution is 5.93. The van der Waals surface area contributed by atoms with E-state index in [1.54, 1.807) is 0 Å². The van der Waals surface area contributed by atoms with E-state index in [9.17, 15) is 28.8 Å². The predicted molar refractivity (Wildman–Crippen MR) is 106 cm³/mol. The molecule has 14 nitrogen and oxygen atoms in total. The highest BCUT2D eigenvalue weighted by Crippen LogP contribution is 2.04. The fourth-order valence-electron chi connectivity index (χ4n) is 2.41. The Morgan fingerprint density at radius 3 is 2.03 bits per heavy atom. The highest BCUT2D eigenvalue weighted by atomic mass is 16.4. The van der Waals surface area contributed by atoms with Crippen molar-refractivity contribution in [3.05, 3.63) is 0 Å². The number of primary amides is 1. The molecular formula is C17H30N6O8. The number of hydrogen-bond donors (Lipinski definition) is 8. The second-order valence-electron chi connectivity index (χ2n) is 6.73. The van der Waals surface area contributed by atoms with Gasteiger partial charge in [-0.25, -0.2) is 4.79 Å². The first-order valence-electron chi connectivity index (χ1n) is 9.53. The van der Waals surface area contributed by atoms with Gasteiger partial charge in [0.1, 0.15) is 12.1 Å². The van der Waals surface area contributed by atoms with Crippen molar-refractivity contribution >= 4 is 35.6 Å². The molecule has 0 aliphatic heterocycles. The van der Waals surface area contributed by atoms with E-state index in [4.69, 9.17) is 27.4 Å². The number of aliphatic carboxylic acids is 2. The minimum Gasteiger partial charge on any atom is -0.481 e. The molecule has 3 atom stereocenters. The van der Waals surface area contributed by atoms with Gasteiger partial charge in [-0.2, -0.15) is 0 Å². The molecule has 176 valence electrons. The van der Waals surface area contributed by atoms with E-state index in [0.29, 0.717) is 19.4 Å². The van der Waals surface area contributed by atoms with Crippen LogP contribution >= 0.6 is 0 Å². The Labute approximate surface area is 178 Å². The Morgan fingerprint density at radius 2 is 1.52 bits per heavy atom. The van der Waals surface area contributed by atoms with Crippen LogP contribution in [-0.2, 0) is 28.8 Å². The number of carboxylic acid groups (broad SMARTS) is 2. The molecule has 0 fully saturated rings. The molecule has 0 aromatic carbocycles. The number of carbonyl (C=O) groups is 6. The van der Waals surface area contributed by atoms with E-state index < -0.39 is 73.1 Å². The van der Waals surface area contributed by atoms with Crippen LogP contribution in [0.4, 0.5) is 0 Å². The molecule has 0 saturated carbocycles. The van der Waals surface area contributed by atoms with Gasteiger partial charge in [0.25, 0.3) is 0 Å². The lowest BCUT2D eigenvalue weighted by atomic mass is 10.1. The van der Waals surface area contributed by atoms with E-state index >= 15 is 0 Å². The monoisotopic (exact) mass is 446 g/mol. The van der Waals surface area contributed by atoms with Crippen LogP contribution in [0.5, 0.6) is 0 Å². The van der Waals surface area contributed by atoms with Gasteiger partial charge in [-0.1, -0.05) is 0 Å². The minimum atomic E-state index is -1.45. The summed E-state index contributed by atoms with van der Waals surface area (Å²) in [6.45, 7) is -0.209. The number of carbonyl (C=O) groups excluding carboxylic acids is 4. The molecule has 0 bridgehead atoms. The van der Waals surface area contributed by atoms with E-state index in [0.717, 1.165) is 0 Å². The average molecular weight is 446 g/mol. The fourth-order valence-corrected chi connectivity index (χ4v) is 2.41. The molecule has 0 aromatic rings. The molecule has 0 saturated heterocycles. The van der Waals surface area contributed by atoms with Gasteiger partial charge in [0, 0.05) is 6.42 Å². The molecule has 0 heterocycles. The van der Waals surface area contributed by atoms with Gasteiger partial charge in [-0.3, -0.25) is 24.0 Å². The summed E-state index contributed by atoms with van der Waals surface area (Å²) in [6, 6.07) is -3.83. The zero-order valence-electron chi connectivity index (χ0n) is 17.0. The van der Waals surface area contributed by atoms with Gasteiger partial charge in [0.05, 0.1) is 19.0 Å². The molecule has 0 aliphatic carbocycles. The van der Waals surface area contributed by atoms with Crippen LogP contribution in [0.1, 0.15) is 38.5 Å². The van der Waals surface area contributed by atoms with Crippen molar-refractivity contribution in [2.75, 3.05) is 13.1 Å². The van der Waals surface area contributed by atoms with Gasteiger partial charge in [0.2, 0.25) is 23.6 Å². The number of amides is 4. The summed E-state index contributed by atoms with van der Waals surface area (Å²) >= 11 is 0. The smallest absolute Gasteiger partial charge is 0.326 e. The van der Waals surface area contributed by atoms with Crippen molar-refractivity contribution in [2.24, 2.45) is 17.2 Å². The lowest BCUT2D eigenvalue weighted by molar-refractivity contribution is -0.143. The molecular weight excluding hydrogens is 416 g/mol. The Kier molecular flexibility index (Phi) is 13.1. The van der Waals surface area contributed by atoms with Crippen molar-refractivity contribution in [1.82, 2.24) is 16.0 Å². The molecule has 0 aliphatic rings. The largest absolute Gasteiger partial charge is 0.481 e. The number of rotatable bonds is 16. The Balaban J connectivity index is 4.94. The van der Waals surface area contributed by atoms with Crippen molar-refractivity contribution in [3.8, 4) is 0 Å². The van der Waals surface area contributed by atoms with E-state index in [1.807, 2.05) is 0 Å². The third-order valence-electron chi connectivity index (χ3n) is 4.04. The van der Waals surface area contributed by atoms with Crippen LogP contribution in [-0.4, -0.2) is 77.0 Å². The molecule has 14 heteroatoms. The standard InChI is InChI=1S/C17H30N6O8/c18-6-2-1-3-10(16(29)23-11(17(30)31)4-5-14(26)27)22-13(25)8-21-15(28)9(19)7-12(20)24/h9-11H,1-8,18-19H2,(H2,20,24)(H,21,28)(H,22,25)(H,23,29)(H,26,27)(H,30,31). The minimum absolute atomic E-state index is 0.134. The second kappa shape index (κ2) is 14.7. The van der Waals surface area contributed by atoms with Gasteiger partial charge < -0.3 is 43.4 Å². The first-order valence-corrected chi connectivity index (χ1v) is 9.53. The van der Waals surface area contributed by atoms with E-state index in [-0.39, 0.29) is 12.8 Å². The first-order chi connectivity index (χ1) is 14.5. The van der Waals surface area contributed by atoms with Crippen LogP contribution in [0.15, 0.2) is 0 Å². The maximum atomic E-state index is 12.5. The molecule has 31 heavy (non-hydrogen) atoms. The normalized spacial score (nSPS) is 13.4. The third-order valence-corrected chi connectivity index (χ3v) is 4.04. The van der Waals surface area contributed by atoms with Crippen molar-refractivity contribution in [3.63, 3.8) is 0 Å². The van der Waals surface area contributed by atoms with Crippen LogP contribution in [0, 0.1) is 0 Å². The lowest BCUT2D eigenvalue weighted by Crippen LogP contribution is -2.54. The quantitative estimate of drug-likeness (QED) is 0.108. The summed E-state index contributed by atoms with van der Waals surface area (Å²) in [4.78, 5) is 69.0. The number of hydrogen-bond acceptors (Lipinski definition) is 8. The summed E-state index contributed by atoms with van der Waals surface area (Å²) in [6.07, 6.45) is -0.107. The molecule has 4 amide bonds.